The smallest absolute Gasteiger partial charge is 0.258 e. The van der Waals surface area contributed by atoms with Crippen molar-refractivity contribution in [3.05, 3.63) is 28.5 Å². The summed E-state index contributed by atoms with van der Waals surface area (Å²) in [5.74, 6) is -0.265. The van der Waals surface area contributed by atoms with E-state index in [1.54, 1.807) is 13.0 Å². The molecule has 0 aliphatic heterocycles. The lowest BCUT2D eigenvalue weighted by atomic mass is 10.2. The Morgan fingerprint density at radius 1 is 1.65 bits per heavy atom. The summed E-state index contributed by atoms with van der Waals surface area (Å²) in [6.45, 7) is 5.55. The molecule has 0 bridgehead atoms. The maximum atomic E-state index is 12.2. The molecule has 0 atom stereocenters. The van der Waals surface area contributed by atoms with Crippen LogP contribution in [0.5, 0.6) is 0 Å². The summed E-state index contributed by atoms with van der Waals surface area (Å²) in [4.78, 5) is 17.7. The molecule has 1 heterocycles. The molecule has 1 aromatic rings. The van der Waals surface area contributed by atoms with Gasteiger partial charge in [0.05, 0.1) is 16.7 Å². The van der Waals surface area contributed by atoms with E-state index in [0.29, 0.717) is 10.6 Å². The fourth-order valence-corrected chi connectivity index (χ4v) is 1.69. The summed E-state index contributed by atoms with van der Waals surface area (Å²) < 4.78 is 0. The number of rotatable bonds is 3. The number of carbonyl (C=O) groups excluding carboxylic acids is 1. The molecule has 0 saturated heterocycles. The van der Waals surface area contributed by atoms with Gasteiger partial charge in [0.25, 0.3) is 5.91 Å². The third-order valence-electron chi connectivity index (χ3n) is 2.35. The summed E-state index contributed by atoms with van der Waals surface area (Å²) in [7, 11) is 0. The van der Waals surface area contributed by atoms with Crippen molar-refractivity contribution in [1.82, 2.24) is 9.88 Å². The van der Waals surface area contributed by atoms with Crippen LogP contribution in [0.25, 0.3) is 0 Å². The van der Waals surface area contributed by atoms with E-state index < -0.39 is 0 Å². The lowest BCUT2D eigenvalue weighted by Gasteiger charge is -2.24. The maximum absolute atomic E-state index is 12.2. The van der Waals surface area contributed by atoms with Crippen LogP contribution in [-0.2, 0) is 0 Å². The Hall–Kier alpha value is -1.60. The molecule has 0 radical (unpaired) electrons. The van der Waals surface area contributed by atoms with Gasteiger partial charge in [-0.15, -0.1) is 0 Å². The predicted molar refractivity (Wildman–Crippen MR) is 65.8 cm³/mol. The fraction of sp³-hybridized carbons (Fsp3) is 0.417. The Kier molecular flexibility index (Phi) is 4.47. The number of carbonyl (C=O) groups is 1. The highest BCUT2D eigenvalue weighted by molar-refractivity contribution is 6.33. The zero-order valence-electron chi connectivity index (χ0n) is 10.1. The summed E-state index contributed by atoms with van der Waals surface area (Å²) in [5.41, 5.74) is 1.09. The van der Waals surface area contributed by atoms with Crippen molar-refractivity contribution < 1.29 is 4.79 Å². The number of nitriles is 1. The Morgan fingerprint density at radius 3 is 2.76 bits per heavy atom. The molecule has 90 valence electrons. The molecule has 0 N–H and O–H groups in total. The highest BCUT2D eigenvalue weighted by Crippen LogP contribution is 2.18. The lowest BCUT2D eigenvalue weighted by Crippen LogP contribution is -2.37. The molecular formula is C12H14ClN3O. The van der Waals surface area contributed by atoms with E-state index in [4.69, 9.17) is 16.9 Å². The van der Waals surface area contributed by atoms with Gasteiger partial charge in [0.2, 0.25) is 0 Å². The molecule has 0 fully saturated rings. The van der Waals surface area contributed by atoms with Gasteiger partial charge in [-0.1, -0.05) is 11.6 Å². The average molecular weight is 252 g/mol. The van der Waals surface area contributed by atoms with Crippen LogP contribution >= 0.6 is 11.6 Å². The molecule has 0 unspecified atom stereocenters. The van der Waals surface area contributed by atoms with Crippen molar-refractivity contribution >= 4 is 17.5 Å². The second-order valence-electron chi connectivity index (χ2n) is 3.99. The second kappa shape index (κ2) is 5.65. The summed E-state index contributed by atoms with van der Waals surface area (Å²) in [5, 5.41) is 9.07. The number of pyridine rings is 1. The van der Waals surface area contributed by atoms with Crippen LogP contribution < -0.4 is 0 Å². The van der Waals surface area contributed by atoms with Crippen molar-refractivity contribution in [1.29, 1.82) is 5.26 Å². The molecule has 0 aromatic carbocycles. The van der Waals surface area contributed by atoms with Gasteiger partial charge >= 0.3 is 0 Å². The number of aromatic nitrogens is 1. The van der Waals surface area contributed by atoms with Crippen LogP contribution in [0.15, 0.2) is 12.3 Å². The zero-order valence-corrected chi connectivity index (χ0v) is 10.8. The lowest BCUT2D eigenvalue weighted by molar-refractivity contribution is 0.0731. The highest BCUT2D eigenvalue weighted by Gasteiger charge is 2.21. The molecule has 0 spiro atoms. The zero-order chi connectivity index (χ0) is 13.0. The summed E-state index contributed by atoms with van der Waals surface area (Å²) in [6, 6.07) is 3.55. The first-order chi connectivity index (χ1) is 7.97. The second-order valence-corrected chi connectivity index (χ2v) is 4.40. The van der Waals surface area contributed by atoms with Crippen LogP contribution in [0.4, 0.5) is 0 Å². The summed E-state index contributed by atoms with van der Waals surface area (Å²) in [6.07, 6.45) is 1.45. The van der Waals surface area contributed by atoms with Crippen molar-refractivity contribution in [2.45, 2.75) is 26.8 Å². The molecule has 5 heteroatoms. The van der Waals surface area contributed by atoms with Crippen LogP contribution in [0.1, 0.15) is 29.9 Å². The van der Waals surface area contributed by atoms with E-state index in [0.717, 1.165) is 5.69 Å². The van der Waals surface area contributed by atoms with Crippen LogP contribution in [0.2, 0.25) is 5.02 Å². The Labute approximate surface area is 106 Å². The van der Waals surface area contributed by atoms with Gasteiger partial charge in [-0.2, -0.15) is 5.26 Å². The van der Waals surface area contributed by atoms with Crippen LogP contribution in [0, 0.1) is 18.3 Å². The Bertz CT molecular complexity index is 465. The molecule has 1 amide bonds. The maximum Gasteiger partial charge on any atom is 0.258 e. The minimum atomic E-state index is -0.265. The van der Waals surface area contributed by atoms with Gasteiger partial charge in [0.15, 0.2) is 0 Å². The first-order valence-electron chi connectivity index (χ1n) is 5.27. The van der Waals surface area contributed by atoms with Gasteiger partial charge in [0, 0.05) is 17.9 Å². The first kappa shape index (κ1) is 13.5. The van der Waals surface area contributed by atoms with Gasteiger partial charge in [-0.05, 0) is 26.8 Å². The normalized spacial score (nSPS) is 10.1. The quantitative estimate of drug-likeness (QED) is 0.776. The minimum Gasteiger partial charge on any atom is -0.323 e. The van der Waals surface area contributed by atoms with Gasteiger partial charge in [0.1, 0.15) is 6.54 Å². The fourth-order valence-electron chi connectivity index (χ4n) is 1.40. The van der Waals surface area contributed by atoms with Crippen molar-refractivity contribution in [2.75, 3.05) is 6.54 Å². The topological polar surface area (TPSA) is 57.0 Å². The number of amides is 1. The van der Waals surface area contributed by atoms with Gasteiger partial charge < -0.3 is 4.90 Å². The number of aryl methyl sites for hydroxylation is 1. The molecule has 1 aromatic heterocycles. The summed E-state index contributed by atoms with van der Waals surface area (Å²) >= 11 is 6.00. The first-order valence-corrected chi connectivity index (χ1v) is 5.65. The number of nitrogens with zero attached hydrogens (tertiary/aromatic N) is 3. The van der Waals surface area contributed by atoms with Crippen LogP contribution in [-0.4, -0.2) is 28.4 Å². The van der Waals surface area contributed by atoms with E-state index in [1.807, 2.05) is 19.9 Å². The van der Waals surface area contributed by atoms with Crippen molar-refractivity contribution in [3.8, 4) is 6.07 Å². The number of hydrogen-bond donors (Lipinski definition) is 0. The average Bonchev–Trinajstić information content (AvgIpc) is 2.24. The van der Waals surface area contributed by atoms with Crippen molar-refractivity contribution in [3.63, 3.8) is 0 Å². The monoisotopic (exact) mass is 251 g/mol. The van der Waals surface area contributed by atoms with E-state index in [2.05, 4.69) is 4.98 Å². The van der Waals surface area contributed by atoms with E-state index in [1.165, 1.54) is 11.1 Å². The highest BCUT2D eigenvalue weighted by atomic mass is 35.5. The number of hydrogen-bond acceptors (Lipinski definition) is 3. The third kappa shape index (κ3) is 3.18. The van der Waals surface area contributed by atoms with E-state index in [-0.39, 0.29) is 18.5 Å². The molecule has 17 heavy (non-hydrogen) atoms. The van der Waals surface area contributed by atoms with Gasteiger partial charge in [-0.3, -0.25) is 9.78 Å². The Morgan fingerprint density at radius 2 is 2.29 bits per heavy atom. The van der Waals surface area contributed by atoms with E-state index in [9.17, 15) is 4.79 Å². The largest absolute Gasteiger partial charge is 0.323 e. The molecule has 1 rings (SSSR count). The van der Waals surface area contributed by atoms with Gasteiger partial charge in [-0.25, -0.2) is 0 Å². The Balaban J connectivity index is 3.06. The molecular weight excluding hydrogens is 238 g/mol. The SMILES string of the molecule is Cc1cc(Cl)c(C(=O)N(CC#N)C(C)C)cn1. The standard InChI is InChI=1S/C12H14ClN3O/c1-8(2)16(5-4-14)12(17)10-7-15-9(3)6-11(10)13/h6-8H,5H2,1-3H3. The predicted octanol–water partition coefficient (Wildman–Crippen LogP) is 2.42. The van der Waals surface area contributed by atoms with Crippen molar-refractivity contribution in [2.24, 2.45) is 0 Å². The number of halogens is 1. The third-order valence-corrected chi connectivity index (χ3v) is 2.66. The molecule has 0 aliphatic rings. The molecule has 0 aliphatic carbocycles. The molecule has 4 nitrogen and oxygen atoms in total. The molecule has 0 saturated carbocycles. The van der Waals surface area contributed by atoms with E-state index >= 15 is 0 Å². The van der Waals surface area contributed by atoms with Crippen LogP contribution in [0.3, 0.4) is 0 Å². The minimum absolute atomic E-state index is 0.0424.